The van der Waals surface area contributed by atoms with Crippen molar-refractivity contribution in [2.75, 3.05) is 6.61 Å². The quantitative estimate of drug-likeness (QED) is 0.308. The van der Waals surface area contributed by atoms with Crippen LogP contribution in [0.2, 0.25) is 0 Å². The van der Waals surface area contributed by atoms with Gasteiger partial charge in [0.25, 0.3) is 0 Å². The molecule has 5 N–H and O–H groups in total. The molecule has 1 fully saturated rings. The average molecular weight is 194 g/mol. The monoisotopic (exact) mass is 194 g/mol. The first-order chi connectivity index (χ1) is 5.92. The summed E-state index contributed by atoms with van der Waals surface area (Å²) < 4.78 is 4.76. The second-order valence-electron chi connectivity index (χ2n) is 3.41. The van der Waals surface area contributed by atoms with Gasteiger partial charge in [0.05, 0.1) is 6.61 Å². The Morgan fingerprint density at radius 1 is 1.15 bits per heavy atom. The number of aliphatic hydroxyl groups excluding tert-OH is 5. The Balaban J connectivity index is 2.82. The highest BCUT2D eigenvalue weighted by molar-refractivity contribution is 4.96. The molecule has 0 saturated carbocycles. The van der Waals surface area contributed by atoms with E-state index < -0.39 is 36.8 Å². The fraction of sp³-hybridized carbons (Fsp3) is 1.00. The third kappa shape index (κ3) is 1.69. The molecule has 0 bridgehead atoms. The Morgan fingerprint density at radius 3 is 2.15 bits per heavy atom. The van der Waals surface area contributed by atoms with E-state index in [1.165, 1.54) is 6.92 Å². The lowest BCUT2D eigenvalue weighted by Crippen LogP contribution is -2.64. The van der Waals surface area contributed by atoms with Crippen LogP contribution in [0.1, 0.15) is 6.92 Å². The first kappa shape index (κ1) is 10.8. The van der Waals surface area contributed by atoms with Crippen molar-refractivity contribution in [3.8, 4) is 0 Å². The molecule has 5 unspecified atom stereocenters. The summed E-state index contributed by atoms with van der Waals surface area (Å²) in [6.45, 7) is 0.769. The van der Waals surface area contributed by atoms with Gasteiger partial charge >= 0.3 is 0 Å². The minimum atomic E-state index is -1.60. The Bertz CT molecular complexity index is 186. The molecule has 0 aliphatic carbocycles. The number of hydrogen-bond donors (Lipinski definition) is 5. The van der Waals surface area contributed by atoms with E-state index in [-0.39, 0.29) is 0 Å². The maximum atomic E-state index is 9.38. The molecule has 0 spiro atoms. The van der Waals surface area contributed by atoms with Gasteiger partial charge < -0.3 is 30.3 Å². The summed E-state index contributed by atoms with van der Waals surface area (Å²) in [6, 6.07) is 0. The van der Waals surface area contributed by atoms with Crippen LogP contribution in [0.3, 0.4) is 0 Å². The highest BCUT2D eigenvalue weighted by Crippen LogP contribution is 2.28. The highest BCUT2D eigenvalue weighted by Gasteiger charge is 2.50. The molecule has 6 nitrogen and oxygen atoms in total. The summed E-state index contributed by atoms with van der Waals surface area (Å²) in [5.41, 5.74) is -1.45. The van der Waals surface area contributed by atoms with E-state index in [9.17, 15) is 10.2 Å². The first-order valence-electron chi connectivity index (χ1n) is 3.93. The molecule has 0 amide bonds. The maximum Gasteiger partial charge on any atom is 0.184 e. The van der Waals surface area contributed by atoms with Gasteiger partial charge in [-0.2, -0.15) is 0 Å². The van der Waals surface area contributed by atoms with E-state index in [0.717, 1.165) is 0 Å². The minimum absolute atomic E-state index is 0.561. The number of hydrogen-bond acceptors (Lipinski definition) is 6. The van der Waals surface area contributed by atoms with Gasteiger partial charge in [-0.15, -0.1) is 0 Å². The second kappa shape index (κ2) is 3.49. The van der Waals surface area contributed by atoms with Crippen molar-refractivity contribution < 1.29 is 30.3 Å². The van der Waals surface area contributed by atoms with Crippen molar-refractivity contribution in [2.45, 2.75) is 37.1 Å². The summed E-state index contributed by atoms with van der Waals surface area (Å²) in [5, 5.41) is 45.6. The molecule has 1 heterocycles. The summed E-state index contributed by atoms with van der Waals surface area (Å²) in [5.74, 6) is 0. The molecule has 0 aromatic heterocycles. The number of rotatable bonds is 1. The SMILES string of the molecule is CC1(CO)OC(O)C(O)C(O)C1O. The molecule has 13 heavy (non-hydrogen) atoms. The maximum absolute atomic E-state index is 9.38. The van der Waals surface area contributed by atoms with E-state index in [1.54, 1.807) is 0 Å². The smallest absolute Gasteiger partial charge is 0.184 e. The predicted octanol–water partition coefficient (Wildman–Crippen LogP) is -2.83. The van der Waals surface area contributed by atoms with Crippen molar-refractivity contribution in [3.63, 3.8) is 0 Å². The fourth-order valence-electron chi connectivity index (χ4n) is 1.26. The molecule has 0 aromatic carbocycles. The van der Waals surface area contributed by atoms with Gasteiger partial charge in [0.1, 0.15) is 23.9 Å². The number of aliphatic hydroxyl groups is 5. The first-order valence-corrected chi connectivity index (χ1v) is 3.93. The van der Waals surface area contributed by atoms with Crippen LogP contribution in [0.4, 0.5) is 0 Å². The van der Waals surface area contributed by atoms with Gasteiger partial charge in [-0.05, 0) is 6.92 Å². The summed E-state index contributed by atoms with van der Waals surface area (Å²) in [4.78, 5) is 0. The van der Waals surface area contributed by atoms with Crippen LogP contribution < -0.4 is 0 Å². The van der Waals surface area contributed by atoms with Crippen molar-refractivity contribution >= 4 is 0 Å². The molecule has 6 heteroatoms. The van der Waals surface area contributed by atoms with Crippen molar-refractivity contribution in [3.05, 3.63) is 0 Å². The summed E-state index contributed by atoms with van der Waals surface area (Å²) >= 11 is 0. The Hall–Kier alpha value is -0.240. The molecule has 1 aliphatic rings. The van der Waals surface area contributed by atoms with Crippen LogP contribution >= 0.6 is 0 Å². The predicted molar refractivity (Wildman–Crippen MR) is 40.6 cm³/mol. The van der Waals surface area contributed by atoms with Gasteiger partial charge in [0.2, 0.25) is 0 Å². The molecular weight excluding hydrogens is 180 g/mol. The van der Waals surface area contributed by atoms with Crippen LogP contribution in [-0.4, -0.2) is 62.3 Å². The molecule has 5 atom stereocenters. The standard InChI is InChI=1S/C7H14O6/c1-7(2-8)5(11)3(9)4(10)6(12)13-7/h3-6,8-12H,2H2,1H3. The zero-order chi connectivity index (χ0) is 10.2. The largest absolute Gasteiger partial charge is 0.393 e. The normalized spacial score (nSPS) is 52.2. The third-order valence-electron chi connectivity index (χ3n) is 2.30. The van der Waals surface area contributed by atoms with E-state index in [2.05, 4.69) is 0 Å². The highest BCUT2D eigenvalue weighted by atomic mass is 16.6. The molecule has 0 aromatic rings. The van der Waals surface area contributed by atoms with Gasteiger partial charge in [-0.3, -0.25) is 0 Å². The summed E-state index contributed by atoms with van der Waals surface area (Å²) in [7, 11) is 0. The Labute approximate surface area is 75.0 Å². The van der Waals surface area contributed by atoms with E-state index >= 15 is 0 Å². The van der Waals surface area contributed by atoms with E-state index in [1.807, 2.05) is 0 Å². The lowest BCUT2D eigenvalue weighted by molar-refractivity contribution is -0.321. The van der Waals surface area contributed by atoms with Crippen LogP contribution in [-0.2, 0) is 4.74 Å². The van der Waals surface area contributed by atoms with Crippen LogP contribution in [0.15, 0.2) is 0 Å². The van der Waals surface area contributed by atoms with Crippen molar-refractivity contribution in [1.82, 2.24) is 0 Å². The van der Waals surface area contributed by atoms with Crippen LogP contribution in [0, 0.1) is 0 Å². The molecule has 1 aliphatic heterocycles. The minimum Gasteiger partial charge on any atom is -0.393 e. The van der Waals surface area contributed by atoms with Crippen LogP contribution in [0.5, 0.6) is 0 Å². The lowest BCUT2D eigenvalue weighted by Gasteiger charge is -2.44. The topological polar surface area (TPSA) is 110 Å². The van der Waals surface area contributed by atoms with E-state index in [0.29, 0.717) is 0 Å². The average Bonchev–Trinajstić information content (AvgIpc) is 2.12. The third-order valence-corrected chi connectivity index (χ3v) is 2.30. The Morgan fingerprint density at radius 2 is 1.69 bits per heavy atom. The zero-order valence-corrected chi connectivity index (χ0v) is 7.16. The van der Waals surface area contributed by atoms with Gasteiger partial charge in [0.15, 0.2) is 6.29 Å². The Kier molecular flexibility index (Phi) is 2.91. The van der Waals surface area contributed by atoms with Crippen LogP contribution in [0.25, 0.3) is 0 Å². The lowest BCUT2D eigenvalue weighted by atomic mass is 9.89. The van der Waals surface area contributed by atoms with E-state index in [4.69, 9.17) is 20.1 Å². The van der Waals surface area contributed by atoms with Crippen molar-refractivity contribution in [2.24, 2.45) is 0 Å². The van der Waals surface area contributed by atoms with Gasteiger partial charge in [0, 0.05) is 0 Å². The van der Waals surface area contributed by atoms with Gasteiger partial charge in [-0.1, -0.05) is 0 Å². The molecular formula is C7H14O6. The molecule has 78 valence electrons. The number of ether oxygens (including phenoxy) is 1. The summed E-state index contributed by atoms with van der Waals surface area (Å²) in [6.07, 6.45) is -6.12. The molecule has 1 rings (SSSR count). The van der Waals surface area contributed by atoms with Crippen molar-refractivity contribution in [1.29, 1.82) is 0 Å². The van der Waals surface area contributed by atoms with Gasteiger partial charge in [-0.25, -0.2) is 0 Å². The fourth-order valence-corrected chi connectivity index (χ4v) is 1.26. The second-order valence-corrected chi connectivity index (χ2v) is 3.41. The zero-order valence-electron chi connectivity index (χ0n) is 7.16. The molecule has 0 radical (unpaired) electrons. The molecule has 1 saturated heterocycles.